The van der Waals surface area contributed by atoms with E-state index in [2.05, 4.69) is 10.8 Å². The monoisotopic (exact) mass is 179 g/mol. The van der Waals surface area contributed by atoms with Crippen LogP contribution in [0.15, 0.2) is 0 Å². The molecule has 2 fully saturated rings. The van der Waals surface area contributed by atoms with Crippen molar-refractivity contribution in [2.45, 2.75) is 37.8 Å². The summed E-state index contributed by atoms with van der Waals surface area (Å²) in [6, 6.07) is 0.669. The zero-order valence-corrected chi connectivity index (χ0v) is 8.04. The highest BCUT2D eigenvalue weighted by atomic mass is 16.5. The van der Waals surface area contributed by atoms with Crippen LogP contribution in [0.3, 0.4) is 0 Å². The lowest BCUT2D eigenvalue weighted by Crippen LogP contribution is -2.48. The minimum Gasteiger partial charge on any atom is -0.375 e. The Balaban J connectivity index is 1.90. The highest BCUT2D eigenvalue weighted by Gasteiger charge is 2.35. The molecule has 0 unspecified atom stereocenters. The third-order valence-electron chi connectivity index (χ3n) is 3.14. The summed E-state index contributed by atoms with van der Waals surface area (Å²) in [5.41, 5.74) is 0. The Morgan fingerprint density at radius 3 is 3.23 bits per heavy atom. The molecule has 1 heterocycles. The van der Waals surface area contributed by atoms with Gasteiger partial charge in [0.15, 0.2) is 0 Å². The Bertz CT molecular complexity index is 209. The molecule has 0 radical (unpaired) electrons. The number of terminal acetylenes is 1. The largest absolute Gasteiger partial charge is 0.375 e. The van der Waals surface area contributed by atoms with Gasteiger partial charge in [-0.25, -0.2) is 0 Å². The Kier molecular flexibility index (Phi) is 2.87. The van der Waals surface area contributed by atoms with Crippen LogP contribution in [0.1, 0.15) is 25.7 Å². The third-order valence-corrected chi connectivity index (χ3v) is 3.14. The molecular formula is C11H17NO. The van der Waals surface area contributed by atoms with Crippen molar-refractivity contribution in [1.29, 1.82) is 0 Å². The maximum atomic E-state index is 5.72. The molecule has 2 aliphatic rings. The van der Waals surface area contributed by atoms with E-state index in [4.69, 9.17) is 11.2 Å². The topological polar surface area (TPSA) is 12.5 Å². The fourth-order valence-corrected chi connectivity index (χ4v) is 2.49. The van der Waals surface area contributed by atoms with Crippen molar-refractivity contribution in [2.24, 2.45) is 0 Å². The van der Waals surface area contributed by atoms with Gasteiger partial charge >= 0.3 is 0 Å². The smallest absolute Gasteiger partial charge is 0.0730 e. The van der Waals surface area contributed by atoms with Crippen molar-refractivity contribution in [3.8, 4) is 12.3 Å². The molecule has 1 saturated carbocycles. The van der Waals surface area contributed by atoms with E-state index in [1.54, 1.807) is 0 Å². The second kappa shape index (κ2) is 4.13. The quantitative estimate of drug-likeness (QED) is 0.592. The molecule has 2 atom stereocenters. The van der Waals surface area contributed by atoms with Crippen LogP contribution >= 0.6 is 0 Å². The predicted octanol–water partition coefficient (Wildman–Crippen LogP) is 1.26. The van der Waals surface area contributed by atoms with Crippen LogP contribution in [0.25, 0.3) is 0 Å². The summed E-state index contributed by atoms with van der Waals surface area (Å²) in [5.74, 6) is 2.71. The number of rotatable bonds is 2. The maximum absolute atomic E-state index is 5.72. The molecule has 1 saturated heterocycles. The molecule has 0 aromatic carbocycles. The predicted molar refractivity (Wildman–Crippen MR) is 52.4 cm³/mol. The molecule has 0 bridgehead atoms. The van der Waals surface area contributed by atoms with Crippen LogP contribution in [0, 0.1) is 12.3 Å². The maximum Gasteiger partial charge on any atom is 0.0730 e. The number of hydrogen-bond donors (Lipinski definition) is 0. The van der Waals surface area contributed by atoms with Crippen molar-refractivity contribution < 1.29 is 4.74 Å². The van der Waals surface area contributed by atoms with Crippen molar-refractivity contribution in [1.82, 2.24) is 4.90 Å². The summed E-state index contributed by atoms with van der Waals surface area (Å²) in [6.07, 6.45) is 10.5. The van der Waals surface area contributed by atoms with Crippen LogP contribution in [0.2, 0.25) is 0 Å². The van der Waals surface area contributed by atoms with Crippen molar-refractivity contribution in [3.63, 3.8) is 0 Å². The SMILES string of the molecule is C#CCCN1CCO[C@H]2CCC[C@H]21. The summed E-state index contributed by atoms with van der Waals surface area (Å²) in [6.45, 7) is 3.02. The van der Waals surface area contributed by atoms with Gasteiger partial charge in [0, 0.05) is 25.6 Å². The molecule has 0 N–H and O–H groups in total. The Morgan fingerprint density at radius 1 is 1.46 bits per heavy atom. The number of ether oxygens (including phenoxy) is 1. The molecule has 0 amide bonds. The van der Waals surface area contributed by atoms with E-state index in [-0.39, 0.29) is 0 Å². The minimum atomic E-state index is 0.506. The molecule has 0 aromatic heterocycles. The second-order valence-corrected chi connectivity index (χ2v) is 3.90. The van der Waals surface area contributed by atoms with Gasteiger partial charge in [0.05, 0.1) is 12.7 Å². The van der Waals surface area contributed by atoms with Crippen LogP contribution < -0.4 is 0 Å². The van der Waals surface area contributed by atoms with E-state index < -0.39 is 0 Å². The van der Waals surface area contributed by atoms with Crippen LogP contribution in [0.5, 0.6) is 0 Å². The van der Waals surface area contributed by atoms with Gasteiger partial charge < -0.3 is 4.74 Å². The molecule has 13 heavy (non-hydrogen) atoms. The first-order valence-corrected chi connectivity index (χ1v) is 5.21. The molecule has 1 aliphatic carbocycles. The molecule has 2 heteroatoms. The van der Waals surface area contributed by atoms with Crippen LogP contribution in [-0.2, 0) is 4.74 Å². The van der Waals surface area contributed by atoms with Gasteiger partial charge in [-0.2, -0.15) is 0 Å². The van der Waals surface area contributed by atoms with Gasteiger partial charge in [0.25, 0.3) is 0 Å². The Labute approximate surface area is 80.2 Å². The first-order chi connectivity index (χ1) is 6.42. The van der Waals surface area contributed by atoms with Gasteiger partial charge in [-0.1, -0.05) is 0 Å². The summed E-state index contributed by atoms with van der Waals surface area (Å²) < 4.78 is 5.72. The molecule has 2 rings (SSSR count). The number of fused-ring (bicyclic) bond motifs is 1. The number of nitrogens with zero attached hydrogens (tertiary/aromatic N) is 1. The van der Waals surface area contributed by atoms with E-state index >= 15 is 0 Å². The van der Waals surface area contributed by atoms with Crippen LogP contribution in [0.4, 0.5) is 0 Å². The van der Waals surface area contributed by atoms with Crippen LogP contribution in [-0.4, -0.2) is 36.7 Å². The molecular weight excluding hydrogens is 162 g/mol. The first-order valence-electron chi connectivity index (χ1n) is 5.21. The molecule has 2 nitrogen and oxygen atoms in total. The average Bonchev–Trinajstić information content (AvgIpc) is 2.62. The lowest BCUT2D eigenvalue weighted by Gasteiger charge is -2.37. The van der Waals surface area contributed by atoms with Crippen molar-refractivity contribution >= 4 is 0 Å². The van der Waals surface area contributed by atoms with E-state index in [1.165, 1.54) is 19.3 Å². The standard InChI is InChI=1S/C11H17NO/c1-2-3-7-12-8-9-13-11-6-4-5-10(11)12/h1,10-11H,3-9H2/t10-,11+/m1/s1. The van der Waals surface area contributed by atoms with E-state index in [1.807, 2.05) is 0 Å². The Morgan fingerprint density at radius 2 is 2.38 bits per heavy atom. The van der Waals surface area contributed by atoms with E-state index in [9.17, 15) is 0 Å². The minimum absolute atomic E-state index is 0.506. The van der Waals surface area contributed by atoms with Gasteiger partial charge in [0.1, 0.15) is 0 Å². The average molecular weight is 179 g/mol. The van der Waals surface area contributed by atoms with Gasteiger partial charge in [-0.15, -0.1) is 12.3 Å². The molecule has 1 aliphatic heterocycles. The summed E-state index contributed by atoms with van der Waals surface area (Å²) in [5, 5.41) is 0. The normalized spacial score (nSPS) is 34.1. The van der Waals surface area contributed by atoms with Gasteiger partial charge in [0.2, 0.25) is 0 Å². The molecule has 0 aromatic rings. The summed E-state index contributed by atoms with van der Waals surface area (Å²) >= 11 is 0. The number of morpholine rings is 1. The van der Waals surface area contributed by atoms with Gasteiger partial charge in [-0.3, -0.25) is 4.90 Å². The van der Waals surface area contributed by atoms with Gasteiger partial charge in [-0.05, 0) is 19.3 Å². The summed E-state index contributed by atoms with van der Waals surface area (Å²) in [7, 11) is 0. The van der Waals surface area contributed by atoms with E-state index in [0.29, 0.717) is 12.1 Å². The lowest BCUT2D eigenvalue weighted by molar-refractivity contribution is -0.0546. The third kappa shape index (κ3) is 1.87. The summed E-state index contributed by atoms with van der Waals surface area (Å²) in [4.78, 5) is 2.51. The zero-order chi connectivity index (χ0) is 9.10. The van der Waals surface area contributed by atoms with E-state index in [0.717, 1.165) is 26.1 Å². The fourth-order valence-electron chi connectivity index (χ4n) is 2.49. The van der Waals surface area contributed by atoms with Crippen molar-refractivity contribution in [3.05, 3.63) is 0 Å². The fraction of sp³-hybridized carbons (Fsp3) is 0.818. The lowest BCUT2D eigenvalue weighted by atomic mass is 10.1. The van der Waals surface area contributed by atoms with Crippen molar-refractivity contribution in [2.75, 3.05) is 19.7 Å². The number of hydrogen-bond acceptors (Lipinski definition) is 2. The first kappa shape index (κ1) is 9.05. The Hall–Kier alpha value is -0.520. The highest BCUT2D eigenvalue weighted by Crippen LogP contribution is 2.29. The highest BCUT2D eigenvalue weighted by molar-refractivity contribution is 4.92. The second-order valence-electron chi connectivity index (χ2n) is 3.90. The molecule has 72 valence electrons. The zero-order valence-electron chi connectivity index (χ0n) is 8.04. The molecule has 0 spiro atoms.